The number of benzene rings is 1. The van der Waals surface area contributed by atoms with E-state index in [1.807, 2.05) is 17.7 Å². The summed E-state index contributed by atoms with van der Waals surface area (Å²) >= 11 is 0. The Bertz CT molecular complexity index is 508. The normalized spacial score (nSPS) is 10.5. The highest BCUT2D eigenvalue weighted by molar-refractivity contribution is 5.44. The molecule has 1 aromatic carbocycles. The predicted octanol–water partition coefficient (Wildman–Crippen LogP) is 2.58. The summed E-state index contributed by atoms with van der Waals surface area (Å²) in [6.45, 7) is 3.06. The zero-order valence-electron chi connectivity index (χ0n) is 9.45. The molecule has 17 heavy (non-hydrogen) atoms. The maximum atomic E-state index is 13.3. The first kappa shape index (κ1) is 11.6. The third-order valence-electron chi connectivity index (χ3n) is 2.54. The van der Waals surface area contributed by atoms with Gasteiger partial charge in [0, 0.05) is 25.5 Å². The Balaban J connectivity index is 1.95. The van der Waals surface area contributed by atoms with Crippen LogP contribution in [0.15, 0.2) is 30.6 Å². The van der Waals surface area contributed by atoms with Crippen LogP contribution in [-0.2, 0) is 6.54 Å². The molecule has 0 spiro atoms. The third kappa shape index (κ3) is 2.61. The molecular weight excluding hydrogens is 224 g/mol. The molecule has 0 aliphatic heterocycles. The Morgan fingerprint density at radius 1 is 1.35 bits per heavy atom. The summed E-state index contributed by atoms with van der Waals surface area (Å²) in [4.78, 5) is 4.08. The van der Waals surface area contributed by atoms with Gasteiger partial charge in [0.15, 0.2) is 11.6 Å². The molecule has 90 valence electrons. The van der Waals surface area contributed by atoms with Gasteiger partial charge < -0.3 is 9.88 Å². The highest BCUT2D eigenvalue weighted by Gasteiger charge is 2.06. The molecule has 0 radical (unpaired) electrons. The maximum Gasteiger partial charge on any atom is 0.181 e. The van der Waals surface area contributed by atoms with E-state index < -0.39 is 11.6 Å². The van der Waals surface area contributed by atoms with Crippen molar-refractivity contribution in [3.8, 4) is 0 Å². The summed E-state index contributed by atoms with van der Waals surface area (Å²) in [5.74, 6) is -0.782. The van der Waals surface area contributed by atoms with E-state index in [1.54, 1.807) is 6.20 Å². The number of aryl methyl sites for hydroxylation is 1. The van der Waals surface area contributed by atoms with E-state index in [9.17, 15) is 8.78 Å². The van der Waals surface area contributed by atoms with Gasteiger partial charge in [-0.15, -0.1) is 0 Å². The zero-order valence-corrected chi connectivity index (χ0v) is 9.45. The Hall–Kier alpha value is -1.91. The van der Waals surface area contributed by atoms with E-state index in [4.69, 9.17) is 0 Å². The number of hydrogen-bond acceptors (Lipinski definition) is 2. The molecule has 2 aromatic rings. The fourth-order valence-electron chi connectivity index (χ4n) is 1.59. The molecule has 0 unspecified atom stereocenters. The van der Waals surface area contributed by atoms with E-state index in [0.717, 1.165) is 11.9 Å². The maximum absolute atomic E-state index is 13.3. The summed E-state index contributed by atoms with van der Waals surface area (Å²) in [6.07, 6.45) is 3.55. The zero-order chi connectivity index (χ0) is 12.3. The number of halogens is 2. The van der Waals surface area contributed by atoms with E-state index in [1.165, 1.54) is 12.1 Å². The van der Waals surface area contributed by atoms with Gasteiger partial charge in [-0.1, -0.05) is 6.07 Å². The van der Waals surface area contributed by atoms with Crippen molar-refractivity contribution in [2.45, 2.75) is 13.5 Å². The standard InChI is InChI=1S/C12H13F2N3/c1-9-15-5-7-17(9)8-6-16-11-4-2-3-10(13)12(11)14/h2-5,7,16H,6,8H2,1H3. The van der Waals surface area contributed by atoms with Crippen molar-refractivity contribution < 1.29 is 8.78 Å². The van der Waals surface area contributed by atoms with Gasteiger partial charge >= 0.3 is 0 Å². The average molecular weight is 237 g/mol. The molecule has 0 atom stereocenters. The lowest BCUT2D eigenvalue weighted by molar-refractivity contribution is 0.510. The molecule has 1 N–H and O–H groups in total. The van der Waals surface area contributed by atoms with Crippen molar-refractivity contribution in [2.75, 3.05) is 11.9 Å². The minimum atomic E-state index is -0.839. The average Bonchev–Trinajstić information content (AvgIpc) is 2.71. The second-order valence-electron chi connectivity index (χ2n) is 3.70. The van der Waals surface area contributed by atoms with Crippen molar-refractivity contribution in [1.29, 1.82) is 0 Å². The SMILES string of the molecule is Cc1nccn1CCNc1cccc(F)c1F. The van der Waals surface area contributed by atoms with Gasteiger partial charge in [0.05, 0.1) is 5.69 Å². The van der Waals surface area contributed by atoms with Crippen LogP contribution in [0.1, 0.15) is 5.82 Å². The quantitative estimate of drug-likeness (QED) is 0.885. The lowest BCUT2D eigenvalue weighted by Crippen LogP contribution is -2.12. The van der Waals surface area contributed by atoms with E-state index >= 15 is 0 Å². The van der Waals surface area contributed by atoms with Crippen molar-refractivity contribution >= 4 is 5.69 Å². The molecule has 2 rings (SSSR count). The summed E-state index contributed by atoms with van der Waals surface area (Å²) in [5.41, 5.74) is 0.183. The summed E-state index contributed by atoms with van der Waals surface area (Å²) in [5, 5.41) is 2.86. The lowest BCUT2D eigenvalue weighted by atomic mass is 10.3. The molecule has 3 nitrogen and oxygen atoms in total. The fraction of sp³-hybridized carbons (Fsp3) is 0.250. The van der Waals surface area contributed by atoms with Crippen LogP contribution in [0, 0.1) is 18.6 Å². The first-order valence-corrected chi connectivity index (χ1v) is 5.34. The molecule has 1 heterocycles. The van der Waals surface area contributed by atoms with Gasteiger partial charge in [0.25, 0.3) is 0 Å². The van der Waals surface area contributed by atoms with E-state index in [0.29, 0.717) is 13.1 Å². The smallest absolute Gasteiger partial charge is 0.181 e. The molecule has 1 aromatic heterocycles. The molecule has 0 amide bonds. The second-order valence-corrected chi connectivity index (χ2v) is 3.70. The van der Waals surface area contributed by atoms with Crippen LogP contribution < -0.4 is 5.32 Å². The van der Waals surface area contributed by atoms with Gasteiger partial charge in [-0.2, -0.15) is 0 Å². The minimum Gasteiger partial charge on any atom is -0.381 e. The topological polar surface area (TPSA) is 29.9 Å². The highest BCUT2D eigenvalue weighted by atomic mass is 19.2. The number of aromatic nitrogens is 2. The predicted molar refractivity (Wildman–Crippen MR) is 61.8 cm³/mol. The van der Waals surface area contributed by atoms with Gasteiger partial charge in [0.2, 0.25) is 0 Å². The van der Waals surface area contributed by atoms with Crippen LogP contribution in [0.5, 0.6) is 0 Å². The largest absolute Gasteiger partial charge is 0.381 e. The second kappa shape index (κ2) is 4.95. The molecular formula is C12H13F2N3. The summed E-state index contributed by atoms with van der Waals surface area (Å²) < 4.78 is 28.1. The number of imidazole rings is 1. The third-order valence-corrected chi connectivity index (χ3v) is 2.54. The van der Waals surface area contributed by atoms with Crippen molar-refractivity contribution in [1.82, 2.24) is 9.55 Å². The Kier molecular flexibility index (Phi) is 3.37. The highest BCUT2D eigenvalue weighted by Crippen LogP contribution is 2.16. The lowest BCUT2D eigenvalue weighted by Gasteiger charge is -2.09. The van der Waals surface area contributed by atoms with Crippen LogP contribution in [0.2, 0.25) is 0 Å². The Labute approximate surface area is 98.1 Å². The number of anilines is 1. The van der Waals surface area contributed by atoms with Crippen LogP contribution >= 0.6 is 0 Å². The molecule has 0 aliphatic carbocycles. The van der Waals surface area contributed by atoms with Crippen molar-refractivity contribution in [3.05, 3.63) is 48.1 Å². The molecule has 0 bridgehead atoms. The van der Waals surface area contributed by atoms with Gasteiger partial charge in [-0.3, -0.25) is 0 Å². The molecule has 0 aliphatic rings. The van der Waals surface area contributed by atoms with Crippen molar-refractivity contribution in [3.63, 3.8) is 0 Å². The van der Waals surface area contributed by atoms with Crippen LogP contribution in [0.3, 0.4) is 0 Å². The van der Waals surface area contributed by atoms with Crippen LogP contribution in [0.4, 0.5) is 14.5 Å². The summed E-state index contributed by atoms with van der Waals surface area (Å²) in [7, 11) is 0. The number of hydrogen-bond donors (Lipinski definition) is 1. The molecule has 0 saturated carbocycles. The van der Waals surface area contributed by atoms with Gasteiger partial charge in [-0.25, -0.2) is 13.8 Å². The number of rotatable bonds is 4. The first-order valence-electron chi connectivity index (χ1n) is 5.34. The number of nitrogens with one attached hydrogen (secondary N) is 1. The molecule has 5 heteroatoms. The number of nitrogens with zero attached hydrogens (tertiary/aromatic N) is 2. The van der Waals surface area contributed by atoms with Gasteiger partial charge in [-0.05, 0) is 19.1 Å². The summed E-state index contributed by atoms with van der Waals surface area (Å²) in [6, 6.07) is 4.09. The monoisotopic (exact) mass is 237 g/mol. The van der Waals surface area contributed by atoms with E-state index in [2.05, 4.69) is 10.3 Å². The minimum absolute atomic E-state index is 0.183. The fourth-order valence-corrected chi connectivity index (χ4v) is 1.59. The first-order chi connectivity index (χ1) is 8.18. The van der Waals surface area contributed by atoms with Crippen LogP contribution in [-0.4, -0.2) is 16.1 Å². The van der Waals surface area contributed by atoms with Crippen molar-refractivity contribution in [2.24, 2.45) is 0 Å². The Morgan fingerprint density at radius 2 is 2.18 bits per heavy atom. The van der Waals surface area contributed by atoms with Gasteiger partial charge in [0.1, 0.15) is 5.82 Å². The van der Waals surface area contributed by atoms with Crippen LogP contribution in [0.25, 0.3) is 0 Å². The molecule has 0 saturated heterocycles. The Morgan fingerprint density at radius 3 is 2.88 bits per heavy atom. The molecule has 0 fully saturated rings. The van der Waals surface area contributed by atoms with E-state index in [-0.39, 0.29) is 5.69 Å².